The highest BCUT2D eigenvalue weighted by Crippen LogP contribution is 2.33. The molecule has 1 aromatic heterocycles. The Morgan fingerprint density at radius 1 is 1.25 bits per heavy atom. The van der Waals surface area contributed by atoms with Crippen LogP contribution in [0.4, 0.5) is 10.5 Å². The molecule has 1 aliphatic heterocycles. The van der Waals surface area contributed by atoms with Crippen LogP contribution in [0.25, 0.3) is 6.08 Å². The number of pyridine rings is 1. The molecular formula is C20H17N3O5. The fourth-order valence-electron chi connectivity index (χ4n) is 2.79. The van der Waals surface area contributed by atoms with E-state index in [1.807, 2.05) is 0 Å². The molecule has 1 aliphatic rings. The molecule has 0 spiro atoms. The Morgan fingerprint density at radius 3 is 2.61 bits per heavy atom. The van der Waals surface area contributed by atoms with E-state index in [-0.39, 0.29) is 22.8 Å². The van der Waals surface area contributed by atoms with Gasteiger partial charge >= 0.3 is 6.03 Å². The normalized spacial score (nSPS) is 15.5. The van der Waals surface area contributed by atoms with Gasteiger partial charge in [0.2, 0.25) is 0 Å². The van der Waals surface area contributed by atoms with E-state index in [4.69, 9.17) is 4.74 Å². The SMILES string of the molecule is C=CCc1cc(/C=C2\C(=O)NC(=O)N(c3ccncc3)C2=O)cc(OC)c1O. The fourth-order valence-corrected chi connectivity index (χ4v) is 2.79. The number of rotatable bonds is 5. The molecule has 142 valence electrons. The highest BCUT2D eigenvalue weighted by atomic mass is 16.5. The van der Waals surface area contributed by atoms with Gasteiger partial charge in [-0.25, -0.2) is 9.69 Å². The average Bonchev–Trinajstić information content (AvgIpc) is 2.68. The number of aromatic nitrogens is 1. The van der Waals surface area contributed by atoms with Crippen molar-refractivity contribution in [3.8, 4) is 11.5 Å². The molecule has 0 atom stereocenters. The molecule has 0 bridgehead atoms. The first-order valence-corrected chi connectivity index (χ1v) is 8.28. The molecule has 0 radical (unpaired) electrons. The number of allylic oxidation sites excluding steroid dienone is 1. The molecule has 3 rings (SSSR count). The van der Waals surface area contributed by atoms with Gasteiger partial charge in [-0.05, 0) is 42.3 Å². The number of nitrogens with zero attached hydrogens (tertiary/aromatic N) is 2. The third-order valence-corrected chi connectivity index (χ3v) is 4.09. The molecule has 8 heteroatoms. The largest absolute Gasteiger partial charge is 0.504 e. The Balaban J connectivity index is 2.06. The van der Waals surface area contributed by atoms with Crippen molar-refractivity contribution in [3.63, 3.8) is 0 Å². The zero-order valence-corrected chi connectivity index (χ0v) is 15.0. The summed E-state index contributed by atoms with van der Waals surface area (Å²) < 4.78 is 5.15. The van der Waals surface area contributed by atoms with Crippen LogP contribution in [0.3, 0.4) is 0 Å². The molecule has 2 aromatic rings. The second-order valence-corrected chi connectivity index (χ2v) is 5.89. The minimum absolute atomic E-state index is 0.0439. The molecule has 28 heavy (non-hydrogen) atoms. The van der Waals surface area contributed by atoms with E-state index in [0.29, 0.717) is 17.5 Å². The summed E-state index contributed by atoms with van der Waals surface area (Å²) in [5.41, 5.74) is 1.03. The summed E-state index contributed by atoms with van der Waals surface area (Å²) in [4.78, 5) is 42.0. The van der Waals surface area contributed by atoms with Crippen molar-refractivity contribution < 1.29 is 24.2 Å². The topological polar surface area (TPSA) is 109 Å². The monoisotopic (exact) mass is 379 g/mol. The lowest BCUT2D eigenvalue weighted by atomic mass is 10.0. The van der Waals surface area contributed by atoms with E-state index in [1.54, 1.807) is 12.1 Å². The predicted molar refractivity (Wildman–Crippen MR) is 102 cm³/mol. The number of phenolic OH excluding ortho intramolecular Hbond substituents is 1. The number of barbiturate groups is 1. The number of imide groups is 2. The number of carbonyl (C=O) groups is 3. The van der Waals surface area contributed by atoms with Gasteiger partial charge in [-0.2, -0.15) is 0 Å². The molecular weight excluding hydrogens is 362 g/mol. The minimum Gasteiger partial charge on any atom is -0.504 e. The lowest BCUT2D eigenvalue weighted by molar-refractivity contribution is -0.122. The van der Waals surface area contributed by atoms with Gasteiger partial charge in [-0.3, -0.25) is 19.9 Å². The zero-order chi connectivity index (χ0) is 20.3. The lowest BCUT2D eigenvalue weighted by Crippen LogP contribution is -2.54. The number of nitrogens with one attached hydrogen (secondary N) is 1. The molecule has 2 heterocycles. The maximum absolute atomic E-state index is 12.8. The maximum atomic E-state index is 12.8. The number of ether oxygens (including phenoxy) is 1. The molecule has 8 nitrogen and oxygen atoms in total. The van der Waals surface area contributed by atoms with Gasteiger partial charge in [-0.1, -0.05) is 6.08 Å². The number of benzene rings is 1. The van der Waals surface area contributed by atoms with Gasteiger partial charge < -0.3 is 9.84 Å². The van der Waals surface area contributed by atoms with E-state index in [9.17, 15) is 19.5 Å². The highest BCUT2D eigenvalue weighted by molar-refractivity contribution is 6.39. The van der Waals surface area contributed by atoms with Crippen molar-refractivity contribution in [1.82, 2.24) is 10.3 Å². The molecule has 1 fully saturated rings. The first kappa shape index (κ1) is 18.8. The average molecular weight is 379 g/mol. The summed E-state index contributed by atoms with van der Waals surface area (Å²) in [6, 6.07) is 5.23. The summed E-state index contributed by atoms with van der Waals surface area (Å²) in [5, 5.41) is 12.3. The van der Waals surface area contributed by atoms with Crippen LogP contribution in [0.2, 0.25) is 0 Å². The van der Waals surface area contributed by atoms with Gasteiger partial charge in [0.25, 0.3) is 11.8 Å². The first-order chi connectivity index (χ1) is 13.5. The highest BCUT2D eigenvalue weighted by Gasteiger charge is 2.36. The molecule has 1 saturated heterocycles. The summed E-state index contributed by atoms with van der Waals surface area (Å²) in [5.74, 6) is -1.43. The van der Waals surface area contributed by atoms with E-state index in [1.165, 1.54) is 43.8 Å². The molecule has 4 amide bonds. The number of aromatic hydroxyl groups is 1. The van der Waals surface area contributed by atoms with E-state index >= 15 is 0 Å². The van der Waals surface area contributed by atoms with Crippen molar-refractivity contribution in [2.24, 2.45) is 0 Å². The number of hydrogen-bond acceptors (Lipinski definition) is 6. The number of amides is 4. The Morgan fingerprint density at radius 2 is 1.96 bits per heavy atom. The molecule has 0 unspecified atom stereocenters. The standard InChI is InChI=1S/C20H17N3O5/c1-3-4-13-9-12(11-16(28-2)17(13)24)10-15-18(25)22-20(27)23(19(15)26)14-5-7-21-8-6-14/h3,5-11,24H,1,4H2,2H3,(H,22,25,27)/b15-10+. The Hall–Kier alpha value is -3.94. The van der Waals surface area contributed by atoms with Crippen LogP contribution >= 0.6 is 0 Å². The van der Waals surface area contributed by atoms with Crippen molar-refractivity contribution in [2.45, 2.75) is 6.42 Å². The Bertz CT molecular complexity index is 998. The smallest absolute Gasteiger partial charge is 0.335 e. The van der Waals surface area contributed by atoms with Crippen LogP contribution in [0.15, 0.2) is 54.9 Å². The molecule has 0 saturated carbocycles. The van der Waals surface area contributed by atoms with Crippen LogP contribution in [-0.2, 0) is 16.0 Å². The summed E-state index contributed by atoms with van der Waals surface area (Å²) in [7, 11) is 1.39. The summed E-state index contributed by atoms with van der Waals surface area (Å²) in [6.45, 7) is 3.64. The molecule has 1 aromatic carbocycles. The first-order valence-electron chi connectivity index (χ1n) is 8.28. The van der Waals surface area contributed by atoms with Crippen molar-refractivity contribution in [1.29, 1.82) is 0 Å². The van der Waals surface area contributed by atoms with Crippen LogP contribution in [-0.4, -0.2) is 35.0 Å². The van der Waals surface area contributed by atoms with E-state index in [2.05, 4.69) is 16.9 Å². The number of hydrogen-bond donors (Lipinski definition) is 2. The number of urea groups is 1. The van der Waals surface area contributed by atoms with Crippen LogP contribution in [0.1, 0.15) is 11.1 Å². The van der Waals surface area contributed by atoms with Gasteiger partial charge in [-0.15, -0.1) is 6.58 Å². The second kappa shape index (κ2) is 7.75. The Kier molecular flexibility index (Phi) is 5.21. The second-order valence-electron chi connectivity index (χ2n) is 5.89. The number of anilines is 1. The number of methoxy groups -OCH3 is 1. The van der Waals surface area contributed by atoms with Crippen molar-refractivity contribution in [3.05, 3.63) is 66.0 Å². The summed E-state index contributed by atoms with van der Waals surface area (Å²) in [6.07, 6.45) is 6.17. The molecule has 2 N–H and O–H groups in total. The minimum atomic E-state index is -0.839. The van der Waals surface area contributed by atoms with E-state index in [0.717, 1.165) is 4.90 Å². The van der Waals surface area contributed by atoms with Crippen LogP contribution < -0.4 is 15.0 Å². The van der Waals surface area contributed by atoms with Crippen LogP contribution in [0, 0.1) is 0 Å². The Labute approximate surface area is 160 Å². The van der Waals surface area contributed by atoms with E-state index < -0.39 is 17.8 Å². The predicted octanol–water partition coefficient (Wildman–Crippen LogP) is 2.19. The lowest BCUT2D eigenvalue weighted by Gasteiger charge is -2.26. The molecule has 0 aliphatic carbocycles. The third kappa shape index (κ3) is 3.48. The summed E-state index contributed by atoms with van der Waals surface area (Å²) >= 11 is 0. The van der Waals surface area contributed by atoms with Gasteiger partial charge in [0, 0.05) is 18.0 Å². The van der Waals surface area contributed by atoms with Gasteiger partial charge in [0.05, 0.1) is 12.8 Å². The van der Waals surface area contributed by atoms with Gasteiger partial charge in [0.1, 0.15) is 5.57 Å². The number of carbonyl (C=O) groups excluding carboxylic acids is 3. The quantitative estimate of drug-likeness (QED) is 0.468. The van der Waals surface area contributed by atoms with Gasteiger partial charge in [0.15, 0.2) is 11.5 Å². The zero-order valence-electron chi connectivity index (χ0n) is 15.0. The van der Waals surface area contributed by atoms with Crippen LogP contribution in [0.5, 0.6) is 11.5 Å². The maximum Gasteiger partial charge on any atom is 0.335 e. The number of phenols is 1. The van der Waals surface area contributed by atoms with Crippen molar-refractivity contribution in [2.75, 3.05) is 12.0 Å². The fraction of sp³-hybridized carbons (Fsp3) is 0.100. The van der Waals surface area contributed by atoms with Crippen molar-refractivity contribution >= 4 is 29.6 Å². The third-order valence-electron chi connectivity index (χ3n) is 4.09.